The molecule has 0 fully saturated rings. The average Bonchev–Trinajstić information content (AvgIpc) is 2.67. The molecule has 0 aliphatic heterocycles. The molecular weight excluding hydrogens is 369 g/mol. The summed E-state index contributed by atoms with van der Waals surface area (Å²) in [5.41, 5.74) is 3.68. The van der Waals surface area contributed by atoms with Gasteiger partial charge in [-0.3, -0.25) is 14.8 Å². The Morgan fingerprint density at radius 2 is 1.73 bits per heavy atom. The number of hydrogen-bond acceptors (Lipinski definition) is 3. The monoisotopic (exact) mass is 385 g/mol. The zero-order chi connectivity index (χ0) is 18.4. The largest absolute Gasteiger partial charge is 0.352 e. The van der Waals surface area contributed by atoms with Crippen LogP contribution >= 0.6 is 23.2 Å². The molecule has 0 saturated heterocycles. The fraction of sp³-hybridized carbons (Fsp3) is 0.150. The standard InChI is InChI=1S/C20H17Cl2N3O/c21-18-4-1-5-19(22)17(18)6-7-20(26)25-11-14-9-16(13-24-10-14)15-3-2-8-23-12-15/h1-5,8-10,12-13H,6-7,11H2,(H,25,26). The van der Waals surface area contributed by atoms with Crippen molar-refractivity contribution in [2.75, 3.05) is 0 Å². The van der Waals surface area contributed by atoms with E-state index in [4.69, 9.17) is 23.2 Å². The van der Waals surface area contributed by atoms with E-state index in [0.29, 0.717) is 29.4 Å². The fourth-order valence-corrected chi connectivity index (χ4v) is 3.16. The van der Waals surface area contributed by atoms with Crippen molar-refractivity contribution in [2.24, 2.45) is 0 Å². The minimum Gasteiger partial charge on any atom is -0.352 e. The van der Waals surface area contributed by atoms with Crippen LogP contribution in [0.15, 0.2) is 61.2 Å². The minimum absolute atomic E-state index is 0.0623. The van der Waals surface area contributed by atoms with Crippen LogP contribution in [-0.2, 0) is 17.8 Å². The fourth-order valence-electron chi connectivity index (χ4n) is 2.57. The van der Waals surface area contributed by atoms with Crippen LogP contribution in [0.2, 0.25) is 10.0 Å². The number of amides is 1. The second kappa shape index (κ2) is 8.79. The number of aromatic nitrogens is 2. The number of rotatable bonds is 6. The molecule has 4 nitrogen and oxygen atoms in total. The Balaban J connectivity index is 1.57. The van der Waals surface area contributed by atoms with Crippen LogP contribution < -0.4 is 5.32 Å². The van der Waals surface area contributed by atoms with Crippen LogP contribution in [0, 0.1) is 0 Å². The second-order valence-electron chi connectivity index (χ2n) is 5.80. The highest BCUT2D eigenvalue weighted by Gasteiger charge is 2.09. The van der Waals surface area contributed by atoms with Crippen LogP contribution in [0.3, 0.4) is 0 Å². The lowest BCUT2D eigenvalue weighted by Gasteiger charge is -2.09. The molecule has 0 unspecified atom stereocenters. The van der Waals surface area contributed by atoms with Crippen molar-refractivity contribution < 1.29 is 4.79 Å². The zero-order valence-electron chi connectivity index (χ0n) is 14.0. The normalized spacial score (nSPS) is 10.5. The van der Waals surface area contributed by atoms with Gasteiger partial charge in [-0.1, -0.05) is 35.3 Å². The first-order chi connectivity index (χ1) is 12.6. The van der Waals surface area contributed by atoms with Gasteiger partial charge in [0.05, 0.1) is 0 Å². The summed E-state index contributed by atoms with van der Waals surface area (Å²) in [5, 5.41) is 4.07. The molecule has 26 heavy (non-hydrogen) atoms. The van der Waals surface area contributed by atoms with Crippen molar-refractivity contribution >= 4 is 29.1 Å². The maximum absolute atomic E-state index is 12.1. The molecule has 132 valence electrons. The van der Waals surface area contributed by atoms with Crippen LogP contribution in [0.5, 0.6) is 0 Å². The predicted octanol–water partition coefficient (Wildman–Crippen LogP) is 4.70. The van der Waals surface area contributed by atoms with Gasteiger partial charge in [0.15, 0.2) is 0 Å². The summed E-state index contributed by atoms with van der Waals surface area (Å²) in [6, 6.07) is 11.2. The summed E-state index contributed by atoms with van der Waals surface area (Å²) >= 11 is 12.3. The Morgan fingerprint density at radius 1 is 0.962 bits per heavy atom. The van der Waals surface area contributed by atoms with Gasteiger partial charge in [-0.15, -0.1) is 0 Å². The van der Waals surface area contributed by atoms with Crippen molar-refractivity contribution in [3.63, 3.8) is 0 Å². The Kier molecular flexibility index (Phi) is 6.21. The first kappa shape index (κ1) is 18.4. The number of carbonyl (C=O) groups excluding carboxylic acids is 1. The Bertz CT molecular complexity index is 880. The van der Waals surface area contributed by atoms with Crippen molar-refractivity contribution in [1.29, 1.82) is 0 Å². The highest BCUT2D eigenvalue weighted by molar-refractivity contribution is 6.36. The number of halogens is 2. The van der Waals surface area contributed by atoms with Gasteiger partial charge in [-0.05, 0) is 41.8 Å². The number of benzene rings is 1. The Morgan fingerprint density at radius 3 is 2.46 bits per heavy atom. The third kappa shape index (κ3) is 4.81. The molecule has 0 atom stereocenters. The third-order valence-corrected chi connectivity index (χ3v) is 4.65. The molecule has 1 amide bonds. The van der Waals surface area contributed by atoms with Crippen LogP contribution in [0.1, 0.15) is 17.5 Å². The van der Waals surface area contributed by atoms with E-state index < -0.39 is 0 Å². The van der Waals surface area contributed by atoms with Gasteiger partial charge in [0, 0.05) is 58.9 Å². The van der Waals surface area contributed by atoms with Crippen molar-refractivity contribution in [3.8, 4) is 11.1 Å². The molecule has 6 heteroatoms. The van der Waals surface area contributed by atoms with Gasteiger partial charge in [0.1, 0.15) is 0 Å². The molecule has 0 saturated carbocycles. The summed E-state index contributed by atoms with van der Waals surface area (Å²) in [6.07, 6.45) is 7.85. The molecule has 1 N–H and O–H groups in total. The van der Waals surface area contributed by atoms with E-state index in [1.54, 1.807) is 43.0 Å². The van der Waals surface area contributed by atoms with E-state index in [2.05, 4.69) is 15.3 Å². The van der Waals surface area contributed by atoms with E-state index >= 15 is 0 Å². The number of hydrogen-bond donors (Lipinski definition) is 1. The molecule has 1 aromatic carbocycles. The average molecular weight is 386 g/mol. The molecule has 2 aromatic heterocycles. The van der Waals surface area contributed by atoms with Crippen LogP contribution in [0.4, 0.5) is 0 Å². The van der Waals surface area contributed by atoms with Crippen LogP contribution in [-0.4, -0.2) is 15.9 Å². The van der Waals surface area contributed by atoms with E-state index in [1.165, 1.54) is 0 Å². The summed E-state index contributed by atoms with van der Waals surface area (Å²) in [5.74, 6) is -0.0623. The molecule has 0 spiro atoms. The highest BCUT2D eigenvalue weighted by Crippen LogP contribution is 2.25. The van der Waals surface area contributed by atoms with E-state index in [9.17, 15) is 4.79 Å². The van der Waals surface area contributed by atoms with Crippen molar-refractivity contribution in [2.45, 2.75) is 19.4 Å². The number of nitrogens with zero attached hydrogens (tertiary/aromatic N) is 2. The summed E-state index contributed by atoms with van der Waals surface area (Å²) in [6.45, 7) is 0.413. The van der Waals surface area contributed by atoms with Crippen molar-refractivity contribution in [1.82, 2.24) is 15.3 Å². The van der Waals surface area contributed by atoms with Gasteiger partial charge in [-0.2, -0.15) is 0 Å². The maximum atomic E-state index is 12.1. The zero-order valence-corrected chi connectivity index (χ0v) is 15.5. The van der Waals surface area contributed by atoms with Gasteiger partial charge in [-0.25, -0.2) is 0 Å². The minimum atomic E-state index is -0.0623. The van der Waals surface area contributed by atoms with Gasteiger partial charge in [0.2, 0.25) is 5.91 Å². The maximum Gasteiger partial charge on any atom is 0.220 e. The van der Waals surface area contributed by atoms with Crippen LogP contribution in [0.25, 0.3) is 11.1 Å². The number of carbonyl (C=O) groups is 1. The predicted molar refractivity (Wildman–Crippen MR) is 104 cm³/mol. The Labute approximate surface area is 162 Å². The van der Waals surface area contributed by atoms with E-state index in [1.807, 2.05) is 18.2 Å². The summed E-state index contributed by atoms with van der Waals surface area (Å²) in [7, 11) is 0. The molecular formula is C20H17Cl2N3O. The van der Waals surface area contributed by atoms with E-state index in [-0.39, 0.29) is 5.91 Å². The quantitative estimate of drug-likeness (QED) is 0.668. The number of nitrogens with one attached hydrogen (secondary N) is 1. The topological polar surface area (TPSA) is 54.9 Å². The molecule has 0 aliphatic rings. The lowest BCUT2D eigenvalue weighted by Crippen LogP contribution is -2.23. The second-order valence-corrected chi connectivity index (χ2v) is 6.61. The van der Waals surface area contributed by atoms with E-state index in [0.717, 1.165) is 22.3 Å². The first-order valence-electron chi connectivity index (χ1n) is 8.17. The lowest BCUT2D eigenvalue weighted by molar-refractivity contribution is -0.121. The van der Waals surface area contributed by atoms with Gasteiger partial charge in [0.25, 0.3) is 0 Å². The first-order valence-corrected chi connectivity index (χ1v) is 8.93. The Hall–Kier alpha value is -2.43. The summed E-state index contributed by atoms with van der Waals surface area (Å²) in [4.78, 5) is 20.5. The SMILES string of the molecule is O=C(CCc1c(Cl)cccc1Cl)NCc1cncc(-c2cccnc2)c1. The van der Waals surface area contributed by atoms with Gasteiger partial charge < -0.3 is 5.32 Å². The molecule has 0 aliphatic carbocycles. The number of pyridine rings is 2. The third-order valence-electron chi connectivity index (χ3n) is 3.94. The molecule has 3 aromatic rings. The molecule has 0 radical (unpaired) electrons. The lowest BCUT2D eigenvalue weighted by atomic mass is 10.1. The molecule has 2 heterocycles. The summed E-state index contributed by atoms with van der Waals surface area (Å²) < 4.78 is 0. The highest BCUT2D eigenvalue weighted by atomic mass is 35.5. The smallest absolute Gasteiger partial charge is 0.220 e. The molecule has 3 rings (SSSR count). The van der Waals surface area contributed by atoms with Gasteiger partial charge >= 0.3 is 0 Å². The van der Waals surface area contributed by atoms with Crippen molar-refractivity contribution in [3.05, 3.63) is 82.4 Å². The molecule has 0 bridgehead atoms.